The number of allylic oxidation sites excluding steroid dienone is 2. The maximum Gasteiger partial charge on any atom is -0.0316 e. The SMILES string of the molecule is [CH2]/C=C/CCCCCCCCCCCCC[CH2]. The van der Waals surface area contributed by atoms with Gasteiger partial charge in [-0.1, -0.05) is 89.7 Å². The Morgan fingerprint density at radius 1 is 0.588 bits per heavy atom. The number of unbranched alkanes of at least 4 members (excludes halogenated alkanes) is 12. The Hall–Kier alpha value is -0.260. The van der Waals surface area contributed by atoms with Gasteiger partial charge in [0.25, 0.3) is 0 Å². The van der Waals surface area contributed by atoms with Crippen LogP contribution in [0.2, 0.25) is 0 Å². The molecule has 0 rings (SSSR count). The quantitative estimate of drug-likeness (QED) is 0.330. The molecule has 0 unspecified atom stereocenters. The van der Waals surface area contributed by atoms with Gasteiger partial charge in [0, 0.05) is 0 Å². The van der Waals surface area contributed by atoms with Crippen molar-refractivity contribution in [1.82, 2.24) is 0 Å². The van der Waals surface area contributed by atoms with Crippen molar-refractivity contribution in [1.29, 1.82) is 0 Å². The van der Waals surface area contributed by atoms with Crippen LogP contribution in [0, 0.1) is 13.8 Å². The number of hydrogen-bond acceptors (Lipinski definition) is 0. The third-order valence-electron chi connectivity index (χ3n) is 3.29. The summed E-state index contributed by atoms with van der Waals surface area (Å²) in [7, 11) is 0. The predicted molar refractivity (Wildman–Crippen MR) is 79.9 cm³/mol. The summed E-state index contributed by atoms with van der Waals surface area (Å²) in [5.41, 5.74) is 0. The molecule has 0 saturated heterocycles. The molecule has 0 spiro atoms. The summed E-state index contributed by atoms with van der Waals surface area (Å²) in [5, 5.41) is 0. The van der Waals surface area contributed by atoms with Crippen molar-refractivity contribution in [2.45, 2.75) is 83.5 Å². The van der Waals surface area contributed by atoms with E-state index in [1.54, 1.807) is 0 Å². The average molecular weight is 236 g/mol. The van der Waals surface area contributed by atoms with Gasteiger partial charge in [-0.05, 0) is 19.8 Å². The van der Waals surface area contributed by atoms with Crippen LogP contribution in [0.1, 0.15) is 83.5 Å². The fourth-order valence-electron chi connectivity index (χ4n) is 2.15. The van der Waals surface area contributed by atoms with Gasteiger partial charge < -0.3 is 0 Å². The molecule has 0 amide bonds. The summed E-state index contributed by atoms with van der Waals surface area (Å²) < 4.78 is 0. The van der Waals surface area contributed by atoms with Gasteiger partial charge in [0.2, 0.25) is 0 Å². The zero-order valence-electron chi connectivity index (χ0n) is 11.8. The standard InChI is InChI=1S/C17H32/c1-3-5-7-9-11-13-15-17-16-14-12-10-8-6-4-2/h3,5H,1-2,4,6-17H2/b5-3+. The fourth-order valence-corrected chi connectivity index (χ4v) is 2.15. The summed E-state index contributed by atoms with van der Waals surface area (Å²) in [6, 6.07) is 0. The second kappa shape index (κ2) is 15.7. The Bertz CT molecular complexity index is 146. The van der Waals surface area contributed by atoms with E-state index in [-0.39, 0.29) is 0 Å². The first kappa shape index (κ1) is 16.7. The summed E-state index contributed by atoms with van der Waals surface area (Å²) in [4.78, 5) is 0. The van der Waals surface area contributed by atoms with Crippen LogP contribution in [0.5, 0.6) is 0 Å². The van der Waals surface area contributed by atoms with Crippen molar-refractivity contribution < 1.29 is 0 Å². The minimum atomic E-state index is 1.11. The molecule has 0 aromatic carbocycles. The molecule has 17 heavy (non-hydrogen) atoms. The van der Waals surface area contributed by atoms with Crippen molar-refractivity contribution in [2.75, 3.05) is 0 Å². The molecular weight excluding hydrogens is 204 g/mol. The van der Waals surface area contributed by atoms with Gasteiger partial charge in [-0.25, -0.2) is 0 Å². The average Bonchev–Trinajstić information content (AvgIpc) is 2.35. The molecular formula is C17H32. The highest BCUT2D eigenvalue weighted by molar-refractivity contribution is 4.83. The molecule has 0 heterocycles. The molecule has 0 nitrogen and oxygen atoms in total. The Balaban J connectivity index is 2.89. The van der Waals surface area contributed by atoms with E-state index >= 15 is 0 Å². The second-order valence-corrected chi connectivity index (χ2v) is 5.00. The molecule has 2 radical (unpaired) electrons. The molecule has 100 valence electrons. The lowest BCUT2D eigenvalue weighted by Crippen LogP contribution is -1.82. The fraction of sp³-hybridized carbons (Fsp3) is 0.765. The van der Waals surface area contributed by atoms with E-state index in [9.17, 15) is 0 Å². The highest BCUT2D eigenvalue weighted by Crippen LogP contribution is 2.12. The van der Waals surface area contributed by atoms with Gasteiger partial charge in [0.15, 0.2) is 0 Å². The lowest BCUT2D eigenvalue weighted by Gasteiger charge is -2.02. The van der Waals surface area contributed by atoms with Crippen LogP contribution in [0.3, 0.4) is 0 Å². The van der Waals surface area contributed by atoms with E-state index in [1.165, 1.54) is 77.0 Å². The minimum absolute atomic E-state index is 1.11. The van der Waals surface area contributed by atoms with E-state index in [2.05, 4.69) is 19.9 Å². The number of hydrogen-bond donors (Lipinski definition) is 0. The Morgan fingerprint density at radius 3 is 1.41 bits per heavy atom. The maximum absolute atomic E-state index is 3.87. The third kappa shape index (κ3) is 15.7. The lowest BCUT2D eigenvalue weighted by atomic mass is 10.0. The molecule has 0 N–H and O–H groups in total. The van der Waals surface area contributed by atoms with Crippen molar-refractivity contribution in [3.8, 4) is 0 Å². The van der Waals surface area contributed by atoms with Crippen LogP contribution in [0.4, 0.5) is 0 Å². The van der Waals surface area contributed by atoms with Gasteiger partial charge in [0.05, 0.1) is 0 Å². The summed E-state index contributed by atoms with van der Waals surface area (Å²) >= 11 is 0. The van der Waals surface area contributed by atoms with Gasteiger partial charge in [-0.3, -0.25) is 0 Å². The van der Waals surface area contributed by atoms with Crippen molar-refractivity contribution in [3.63, 3.8) is 0 Å². The van der Waals surface area contributed by atoms with Gasteiger partial charge >= 0.3 is 0 Å². The monoisotopic (exact) mass is 236 g/mol. The van der Waals surface area contributed by atoms with E-state index in [4.69, 9.17) is 0 Å². The zero-order chi connectivity index (χ0) is 12.6. The first-order valence-corrected chi connectivity index (χ1v) is 7.65. The molecule has 0 fully saturated rings. The van der Waals surface area contributed by atoms with E-state index < -0.39 is 0 Å². The van der Waals surface area contributed by atoms with Crippen molar-refractivity contribution in [3.05, 3.63) is 26.0 Å². The molecule has 0 aliphatic rings. The third-order valence-corrected chi connectivity index (χ3v) is 3.29. The van der Waals surface area contributed by atoms with Crippen LogP contribution < -0.4 is 0 Å². The zero-order valence-corrected chi connectivity index (χ0v) is 11.8. The number of rotatable bonds is 13. The predicted octanol–water partition coefficient (Wildman–Crippen LogP) is 6.28. The van der Waals surface area contributed by atoms with E-state index in [0.29, 0.717) is 0 Å². The molecule has 0 aromatic heterocycles. The maximum atomic E-state index is 3.87. The van der Waals surface area contributed by atoms with Gasteiger partial charge in [-0.2, -0.15) is 0 Å². The molecule has 0 aliphatic carbocycles. The van der Waals surface area contributed by atoms with Crippen molar-refractivity contribution >= 4 is 0 Å². The van der Waals surface area contributed by atoms with Gasteiger partial charge in [-0.15, -0.1) is 0 Å². The summed E-state index contributed by atoms with van der Waals surface area (Å²) in [6.45, 7) is 7.57. The molecule has 0 aliphatic heterocycles. The highest BCUT2D eigenvalue weighted by atomic mass is 14.0. The van der Waals surface area contributed by atoms with Crippen LogP contribution >= 0.6 is 0 Å². The minimum Gasteiger partial charge on any atom is -0.0885 e. The topological polar surface area (TPSA) is 0 Å². The molecule has 0 atom stereocenters. The van der Waals surface area contributed by atoms with Gasteiger partial charge in [0.1, 0.15) is 0 Å². The van der Waals surface area contributed by atoms with Crippen LogP contribution in [0.25, 0.3) is 0 Å². The van der Waals surface area contributed by atoms with Crippen molar-refractivity contribution in [2.24, 2.45) is 0 Å². The van der Waals surface area contributed by atoms with E-state index in [1.807, 2.05) is 6.08 Å². The van der Waals surface area contributed by atoms with Crippen LogP contribution in [-0.2, 0) is 0 Å². The summed E-state index contributed by atoms with van der Waals surface area (Å²) in [5.74, 6) is 0. The molecule has 0 heteroatoms. The summed E-state index contributed by atoms with van der Waals surface area (Å²) in [6.07, 6.45) is 21.9. The lowest BCUT2D eigenvalue weighted by molar-refractivity contribution is 0.547. The first-order valence-electron chi connectivity index (χ1n) is 7.65. The Kier molecular flexibility index (Phi) is 15.5. The highest BCUT2D eigenvalue weighted by Gasteiger charge is 1.92. The van der Waals surface area contributed by atoms with E-state index in [0.717, 1.165) is 6.42 Å². The Morgan fingerprint density at radius 2 is 1.00 bits per heavy atom. The molecule has 0 bridgehead atoms. The van der Waals surface area contributed by atoms with Crippen LogP contribution in [0.15, 0.2) is 12.2 Å². The molecule has 0 aromatic rings. The second-order valence-electron chi connectivity index (χ2n) is 5.00. The largest absolute Gasteiger partial charge is 0.0885 e. The first-order chi connectivity index (χ1) is 8.41. The smallest absolute Gasteiger partial charge is 0.0316 e. The Labute approximate surface area is 110 Å². The molecule has 0 saturated carbocycles. The normalized spacial score (nSPS) is 11.4. The van der Waals surface area contributed by atoms with Crippen LogP contribution in [-0.4, -0.2) is 0 Å².